The van der Waals surface area contributed by atoms with Crippen molar-refractivity contribution >= 4 is 6.09 Å². The Kier molecular flexibility index (Phi) is 3.65. The molecular weight excluding hydrogens is 268 g/mol. The molecule has 21 heavy (non-hydrogen) atoms. The number of ether oxygens (including phenoxy) is 1. The number of imidazole rings is 1. The van der Waals surface area contributed by atoms with Crippen molar-refractivity contribution in [3.63, 3.8) is 0 Å². The third kappa shape index (κ3) is 3.97. The van der Waals surface area contributed by atoms with Crippen molar-refractivity contribution in [2.75, 3.05) is 0 Å². The van der Waals surface area contributed by atoms with Gasteiger partial charge in [0.15, 0.2) is 0 Å². The fraction of sp³-hybridized carbons (Fsp3) is 0.733. The van der Waals surface area contributed by atoms with Gasteiger partial charge in [-0.25, -0.2) is 9.78 Å². The van der Waals surface area contributed by atoms with Crippen molar-refractivity contribution in [3.05, 3.63) is 18.2 Å². The average Bonchev–Trinajstić information content (AvgIpc) is 3.27. The number of hydrogen-bond donors (Lipinski definition) is 2. The summed E-state index contributed by atoms with van der Waals surface area (Å²) in [6, 6.07) is 1.16. The number of hydrogen-bond acceptors (Lipinski definition) is 4. The molecule has 0 saturated heterocycles. The number of nitrogens with zero attached hydrogens (tertiary/aromatic N) is 2. The fourth-order valence-electron chi connectivity index (χ4n) is 2.43. The highest BCUT2D eigenvalue weighted by Crippen LogP contribution is 2.35. The smallest absolute Gasteiger partial charge is 0.407 e. The lowest BCUT2D eigenvalue weighted by molar-refractivity contribution is 0.0522. The van der Waals surface area contributed by atoms with E-state index in [1.54, 1.807) is 0 Å². The van der Waals surface area contributed by atoms with Crippen molar-refractivity contribution < 1.29 is 9.53 Å². The van der Waals surface area contributed by atoms with Gasteiger partial charge < -0.3 is 19.9 Å². The van der Waals surface area contributed by atoms with Crippen LogP contribution in [0.15, 0.2) is 12.5 Å². The van der Waals surface area contributed by atoms with Crippen molar-refractivity contribution in [2.45, 2.75) is 70.3 Å². The summed E-state index contributed by atoms with van der Waals surface area (Å²) in [6.45, 7) is 6.41. The van der Waals surface area contributed by atoms with Crippen molar-refractivity contribution in [3.8, 4) is 0 Å². The third-order valence-electron chi connectivity index (χ3n) is 3.72. The molecule has 2 atom stereocenters. The normalized spacial score (nSPS) is 24.7. The minimum absolute atomic E-state index is 0.178. The third-order valence-corrected chi connectivity index (χ3v) is 3.72. The number of alkyl carbamates (subject to hydrolysis) is 1. The number of amides is 1. The van der Waals surface area contributed by atoms with E-state index < -0.39 is 5.60 Å². The zero-order valence-electron chi connectivity index (χ0n) is 12.9. The highest BCUT2D eigenvalue weighted by atomic mass is 16.6. The summed E-state index contributed by atoms with van der Waals surface area (Å²) in [4.78, 5) is 15.9. The minimum Gasteiger partial charge on any atom is -0.444 e. The van der Waals surface area contributed by atoms with Gasteiger partial charge in [-0.05, 0) is 40.0 Å². The predicted octanol–water partition coefficient (Wildman–Crippen LogP) is 1.97. The molecule has 2 aliphatic rings. The van der Waals surface area contributed by atoms with E-state index in [-0.39, 0.29) is 12.1 Å². The summed E-state index contributed by atoms with van der Waals surface area (Å²) in [7, 11) is 0. The number of rotatable bonds is 5. The first-order chi connectivity index (χ1) is 9.92. The van der Waals surface area contributed by atoms with Crippen LogP contribution in [-0.4, -0.2) is 33.3 Å². The first-order valence-corrected chi connectivity index (χ1v) is 7.66. The van der Waals surface area contributed by atoms with Crippen LogP contribution in [0.1, 0.15) is 51.8 Å². The molecule has 2 N–H and O–H groups in total. The number of carbonyl (C=O) groups excluding carboxylic acids is 1. The second-order valence-electron chi connectivity index (χ2n) is 7.00. The zero-order chi connectivity index (χ0) is 15.0. The Hall–Kier alpha value is -1.56. The second-order valence-corrected chi connectivity index (χ2v) is 7.00. The van der Waals surface area contributed by atoms with Crippen LogP contribution in [0.3, 0.4) is 0 Å². The maximum atomic E-state index is 11.7. The van der Waals surface area contributed by atoms with Crippen molar-refractivity contribution in [2.24, 2.45) is 0 Å². The van der Waals surface area contributed by atoms with Gasteiger partial charge in [0.1, 0.15) is 5.60 Å². The van der Waals surface area contributed by atoms with Crippen LogP contribution < -0.4 is 10.6 Å². The number of nitrogens with one attached hydrogen (secondary N) is 2. The average molecular weight is 292 g/mol. The molecule has 1 aromatic heterocycles. The van der Waals surface area contributed by atoms with Crippen LogP contribution in [0.4, 0.5) is 4.79 Å². The van der Waals surface area contributed by atoms with Gasteiger partial charge in [-0.2, -0.15) is 0 Å². The van der Waals surface area contributed by atoms with Gasteiger partial charge in [0, 0.05) is 30.9 Å². The van der Waals surface area contributed by atoms with Crippen LogP contribution in [0.5, 0.6) is 0 Å². The molecule has 6 heteroatoms. The highest BCUT2D eigenvalue weighted by molar-refractivity contribution is 5.68. The van der Waals surface area contributed by atoms with E-state index in [4.69, 9.17) is 4.74 Å². The van der Waals surface area contributed by atoms with Crippen LogP contribution >= 0.6 is 0 Å². The highest BCUT2D eigenvalue weighted by Gasteiger charge is 2.39. The molecule has 0 radical (unpaired) electrons. The Bertz CT molecular complexity index is 516. The molecule has 2 aliphatic carbocycles. The van der Waals surface area contributed by atoms with Crippen LogP contribution in [-0.2, 0) is 11.3 Å². The molecule has 2 fully saturated rings. The Balaban J connectivity index is 1.40. The van der Waals surface area contributed by atoms with Gasteiger partial charge in [-0.15, -0.1) is 0 Å². The maximum absolute atomic E-state index is 11.7. The lowest BCUT2D eigenvalue weighted by Crippen LogP contribution is -2.36. The van der Waals surface area contributed by atoms with E-state index in [9.17, 15) is 4.79 Å². The summed E-state index contributed by atoms with van der Waals surface area (Å²) >= 11 is 0. The standard InChI is InChI=1S/C15H24N4O2/c1-15(2,3)21-14(20)18-13-6-12(13)17-8-11-7-16-9-19(11)10-4-5-10/h7,9-10,12-13,17H,4-6,8H2,1-3H3,(H,18,20). The monoisotopic (exact) mass is 292 g/mol. The molecule has 1 aromatic rings. The van der Waals surface area contributed by atoms with Crippen LogP contribution in [0.25, 0.3) is 0 Å². The Morgan fingerprint density at radius 2 is 2.19 bits per heavy atom. The minimum atomic E-state index is -0.446. The Morgan fingerprint density at radius 3 is 2.86 bits per heavy atom. The van der Waals surface area contributed by atoms with E-state index in [0.29, 0.717) is 12.1 Å². The molecule has 2 saturated carbocycles. The molecule has 6 nitrogen and oxygen atoms in total. The largest absolute Gasteiger partial charge is 0.444 e. The summed E-state index contributed by atoms with van der Waals surface area (Å²) in [5.41, 5.74) is 0.777. The van der Waals surface area contributed by atoms with Gasteiger partial charge in [0.2, 0.25) is 0 Å². The van der Waals surface area contributed by atoms with E-state index in [1.807, 2.05) is 33.3 Å². The van der Waals surface area contributed by atoms with Gasteiger partial charge in [-0.1, -0.05) is 0 Å². The van der Waals surface area contributed by atoms with Crippen molar-refractivity contribution in [1.82, 2.24) is 20.2 Å². The predicted molar refractivity (Wildman–Crippen MR) is 78.9 cm³/mol. The lowest BCUT2D eigenvalue weighted by atomic mass is 10.2. The van der Waals surface area contributed by atoms with E-state index in [0.717, 1.165) is 13.0 Å². The van der Waals surface area contributed by atoms with Crippen molar-refractivity contribution in [1.29, 1.82) is 0 Å². The SMILES string of the molecule is CC(C)(C)OC(=O)NC1CC1NCc1cncn1C1CC1. The van der Waals surface area contributed by atoms with E-state index in [2.05, 4.69) is 20.2 Å². The molecule has 1 amide bonds. The second kappa shape index (κ2) is 5.33. The molecule has 0 bridgehead atoms. The summed E-state index contributed by atoms with van der Waals surface area (Å²) in [5.74, 6) is 0. The molecule has 0 aliphatic heterocycles. The molecular formula is C15H24N4O2. The summed E-state index contributed by atoms with van der Waals surface area (Å²) in [5, 5.41) is 6.36. The van der Waals surface area contributed by atoms with Gasteiger partial charge in [-0.3, -0.25) is 0 Å². The molecule has 3 rings (SSSR count). The molecule has 2 unspecified atom stereocenters. The maximum Gasteiger partial charge on any atom is 0.407 e. The topological polar surface area (TPSA) is 68.2 Å². The quantitative estimate of drug-likeness (QED) is 0.870. The van der Waals surface area contributed by atoms with Crippen LogP contribution in [0.2, 0.25) is 0 Å². The fourth-order valence-corrected chi connectivity index (χ4v) is 2.43. The van der Waals surface area contributed by atoms with Gasteiger partial charge >= 0.3 is 6.09 Å². The first kappa shape index (κ1) is 14.4. The molecule has 0 spiro atoms. The summed E-state index contributed by atoms with van der Waals surface area (Å²) < 4.78 is 7.51. The van der Waals surface area contributed by atoms with Gasteiger partial charge in [0.25, 0.3) is 0 Å². The molecule has 116 valence electrons. The molecule has 0 aromatic carbocycles. The van der Waals surface area contributed by atoms with Crippen LogP contribution in [0, 0.1) is 0 Å². The van der Waals surface area contributed by atoms with Gasteiger partial charge in [0.05, 0.1) is 12.0 Å². The Labute approximate surface area is 125 Å². The molecule has 1 heterocycles. The zero-order valence-corrected chi connectivity index (χ0v) is 12.9. The number of aromatic nitrogens is 2. The summed E-state index contributed by atoms with van der Waals surface area (Å²) in [6.07, 6.45) is 6.98. The van der Waals surface area contributed by atoms with E-state index >= 15 is 0 Å². The van der Waals surface area contributed by atoms with E-state index in [1.165, 1.54) is 18.5 Å². The number of carbonyl (C=O) groups is 1. The lowest BCUT2D eigenvalue weighted by Gasteiger charge is -2.19. The Morgan fingerprint density at radius 1 is 1.43 bits per heavy atom. The first-order valence-electron chi connectivity index (χ1n) is 7.66.